The Balaban J connectivity index is 1.97. The lowest BCUT2D eigenvalue weighted by atomic mass is 10.1. The zero-order valence-corrected chi connectivity index (χ0v) is 12.0. The first-order chi connectivity index (χ1) is 9.63. The van der Waals surface area contributed by atoms with Crippen molar-refractivity contribution in [1.29, 1.82) is 5.26 Å². The predicted molar refractivity (Wildman–Crippen MR) is 74.6 cm³/mol. The largest absolute Gasteiger partial charge is 0.313 e. The second-order valence-corrected chi connectivity index (χ2v) is 7.14. The molecule has 1 heterocycles. The minimum absolute atomic E-state index is 0.320. The highest BCUT2D eigenvalue weighted by Gasteiger charge is 2.33. The average Bonchev–Trinajstić information content (AvgIpc) is 2.94. The van der Waals surface area contributed by atoms with E-state index in [0.29, 0.717) is 24.5 Å². The molecule has 0 radical (unpaired) electrons. The van der Waals surface area contributed by atoms with E-state index in [9.17, 15) is 8.42 Å². The molecule has 1 fully saturated rings. The first-order valence-electron chi connectivity index (χ1n) is 6.87. The Hall–Kier alpha value is -1.42. The van der Waals surface area contributed by atoms with Crippen LogP contribution in [0.4, 0.5) is 0 Å². The molecule has 1 N–H and O–H groups in total. The molecule has 106 valence electrons. The second-order valence-electron chi connectivity index (χ2n) is 5.25. The van der Waals surface area contributed by atoms with Crippen LogP contribution < -0.4 is 5.32 Å². The molecular weight excluding hydrogens is 274 g/mol. The fourth-order valence-electron chi connectivity index (χ4n) is 2.93. The van der Waals surface area contributed by atoms with Crippen molar-refractivity contribution in [3.63, 3.8) is 0 Å². The third-order valence-electron chi connectivity index (χ3n) is 4.02. The SMILES string of the molecule is N#CC1CNCCN1S(=O)(=O)c1ccc2c(c1)CCC2. The molecule has 1 aromatic carbocycles. The van der Waals surface area contributed by atoms with Gasteiger partial charge in [-0.3, -0.25) is 0 Å². The molecule has 5 nitrogen and oxygen atoms in total. The summed E-state index contributed by atoms with van der Waals surface area (Å²) < 4.78 is 26.7. The van der Waals surface area contributed by atoms with Gasteiger partial charge in [-0.1, -0.05) is 6.07 Å². The van der Waals surface area contributed by atoms with Crippen LogP contribution in [0.2, 0.25) is 0 Å². The Morgan fingerprint density at radius 3 is 2.90 bits per heavy atom. The summed E-state index contributed by atoms with van der Waals surface area (Å²) in [4.78, 5) is 0.320. The van der Waals surface area contributed by atoms with Crippen LogP contribution >= 0.6 is 0 Å². The minimum Gasteiger partial charge on any atom is -0.313 e. The lowest BCUT2D eigenvalue weighted by Gasteiger charge is -2.31. The van der Waals surface area contributed by atoms with Gasteiger partial charge >= 0.3 is 0 Å². The molecule has 0 aromatic heterocycles. The van der Waals surface area contributed by atoms with E-state index in [0.717, 1.165) is 24.8 Å². The highest BCUT2D eigenvalue weighted by atomic mass is 32.2. The van der Waals surface area contributed by atoms with Crippen LogP contribution in [0, 0.1) is 11.3 Å². The molecular formula is C14H17N3O2S. The molecule has 1 aromatic rings. The Labute approximate surface area is 119 Å². The molecule has 1 aliphatic heterocycles. The van der Waals surface area contributed by atoms with Crippen LogP contribution in [0.5, 0.6) is 0 Å². The molecule has 1 unspecified atom stereocenters. The third kappa shape index (κ3) is 2.22. The number of nitrogens with zero attached hydrogens (tertiary/aromatic N) is 2. The Morgan fingerprint density at radius 2 is 2.10 bits per heavy atom. The van der Waals surface area contributed by atoms with Gasteiger partial charge in [-0.2, -0.15) is 9.57 Å². The number of rotatable bonds is 2. The van der Waals surface area contributed by atoms with Gasteiger partial charge in [0.25, 0.3) is 0 Å². The van der Waals surface area contributed by atoms with Crippen molar-refractivity contribution in [2.75, 3.05) is 19.6 Å². The molecule has 1 saturated heterocycles. The number of aryl methyl sites for hydroxylation is 2. The predicted octanol–water partition coefficient (Wildman–Crippen LogP) is 0.661. The number of fused-ring (bicyclic) bond motifs is 1. The smallest absolute Gasteiger partial charge is 0.244 e. The average molecular weight is 291 g/mol. The molecule has 1 aliphatic carbocycles. The summed E-state index contributed by atoms with van der Waals surface area (Å²) in [6.07, 6.45) is 3.07. The van der Waals surface area contributed by atoms with Gasteiger partial charge in [0, 0.05) is 19.6 Å². The summed E-state index contributed by atoms with van der Waals surface area (Å²) in [6.45, 7) is 1.32. The van der Waals surface area contributed by atoms with Crippen molar-refractivity contribution in [2.24, 2.45) is 0 Å². The third-order valence-corrected chi connectivity index (χ3v) is 5.92. The summed E-state index contributed by atoms with van der Waals surface area (Å²) in [5, 5.41) is 12.2. The van der Waals surface area contributed by atoms with Crippen molar-refractivity contribution >= 4 is 10.0 Å². The van der Waals surface area contributed by atoms with Gasteiger partial charge in [0.15, 0.2) is 0 Å². The van der Waals surface area contributed by atoms with Crippen molar-refractivity contribution in [1.82, 2.24) is 9.62 Å². The van der Waals surface area contributed by atoms with E-state index in [1.165, 1.54) is 9.87 Å². The van der Waals surface area contributed by atoms with Crippen LogP contribution in [0.1, 0.15) is 17.5 Å². The summed E-state index contributed by atoms with van der Waals surface area (Å²) >= 11 is 0. The Morgan fingerprint density at radius 1 is 1.30 bits per heavy atom. The number of hydrogen-bond donors (Lipinski definition) is 1. The first-order valence-corrected chi connectivity index (χ1v) is 8.31. The fourth-order valence-corrected chi connectivity index (χ4v) is 4.52. The normalized spacial score (nSPS) is 23.2. The van der Waals surface area contributed by atoms with Gasteiger partial charge in [0.05, 0.1) is 11.0 Å². The summed E-state index contributed by atoms with van der Waals surface area (Å²) in [5.74, 6) is 0. The van der Waals surface area contributed by atoms with Crippen LogP contribution in [-0.4, -0.2) is 38.4 Å². The standard InChI is InChI=1S/C14H17N3O2S/c15-9-13-10-16-6-7-17(13)20(18,19)14-5-4-11-2-1-3-12(11)8-14/h4-5,8,13,16H,1-3,6-7,10H2. The van der Waals surface area contributed by atoms with Gasteiger partial charge in [0.1, 0.15) is 6.04 Å². The van der Waals surface area contributed by atoms with Gasteiger partial charge in [-0.15, -0.1) is 0 Å². The maximum atomic E-state index is 12.7. The topological polar surface area (TPSA) is 73.2 Å². The van der Waals surface area contributed by atoms with Gasteiger partial charge in [0.2, 0.25) is 10.0 Å². The van der Waals surface area contributed by atoms with E-state index in [1.807, 2.05) is 6.07 Å². The van der Waals surface area contributed by atoms with Crippen LogP contribution in [0.3, 0.4) is 0 Å². The van der Waals surface area contributed by atoms with E-state index in [-0.39, 0.29) is 0 Å². The molecule has 3 rings (SSSR count). The molecule has 2 aliphatic rings. The van der Waals surface area contributed by atoms with E-state index < -0.39 is 16.1 Å². The number of piperazine rings is 1. The van der Waals surface area contributed by atoms with E-state index >= 15 is 0 Å². The second kappa shape index (κ2) is 5.17. The van der Waals surface area contributed by atoms with E-state index in [2.05, 4.69) is 11.4 Å². The quantitative estimate of drug-likeness (QED) is 0.869. The summed E-state index contributed by atoms with van der Waals surface area (Å²) in [5.41, 5.74) is 2.39. The molecule has 0 bridgehead atoms. The maximum Gasteiger partial charge on any atom is 0.244 e. The molecule has 1 atom stereocenters. The number of nitrogens with one attached hydrogen (secondary N) is 1. The number of nitriles is 1. The highest BCUT2D eigenvalue weighted by Crippen LogP contribution is 2.27. The molecule has 0 saturated carbocycles. The van der Waals surface area contributed by atoms with E-state index in [4.69, 9.17) is 5.26 Å². The van der Waals surface area contributed by atoms with Crippen molar-refractivity contribution in [3.8, 4) is 6.07 Å². The number of sulfonamides is 1. The fraction of sp³-hybridized carbons (Fsp3) is 0.500. The molecule has 20 heavy (non-hydrogen) atoms. The summed E-state index contributed by atoms with van der Waals surface area (Å²) in [6, 6.07) is 6.82. The molecule has 6 heteroatoms. The van der Waals surface area contributed by atoms with Gasteiger partial charge in [-0.05, 0) is 42.5 Å². The molecule has 0 amide bonds. The molecule has 0 spiro atoms. The van der Waals surface area contributed by atoms with Gasteiger partial charge < -0.3 is 5.32 Å². The van der Waals surface area contributed by atoms with Crippen LogP contribution in [0.25, 0.3) is 0 Å². The monoisotopic (exact) mass is 291 g/mol. The van der Waals surface area contributed by atoms with Crippen molar-refractivity contribution < 1.29 is 8.42 Å². The minimum atomic E-state index is -3.57. The summed E-state index contributed by atoms with van der Waals surface area (Å²) in [7, 11) is -3.57. The van der Waals surface area contributed by atoms with Crippen LogP contribution in [-0.2, 0) is 22.9 Å². The zero-order chi connectivity index (χ0) is 14.2. The first kappa shape index (κ1) is 13.6. The highest BCUT2D eigenvalue weighted by molar-refractivity contribution is 7.89. The number of benzene rings is 1. The Kier molecular flexibility index (Phi) is 3.50. The van der Waals surface area contributed by atoms with Crippen molar-refractivity contribution in [3.05, 3.63) is 29.3 Å². The zero-order valence-electron chi connectivity index (χ0n) is 11.2. The lowest BCUT2D eigenvalue weighted by Crippen LogP contribution is -2.52. The number of hydrogen-bond acceptors (Lipinski definition) is 4. The van der Waals surface area contributed by atoms with Crippen LogP contribution in [0.15, 0.2) is 23.1 Å². The van der Waals surface area contributed by atoms with Gasteiger partial charge in [-0.25, -0.2) is 8.42 Å². The Bertz CT molecular complexity index is 663. The van der Waals surface area contributed by atoms with E-state index in [1.54, 1.807) is 12.1 Å². The maximum absolute atomic E-state index is 12.7. The lowest BCUT2D eigenvalue weighted by molar-refractivity contribution is 0.312. The van der Waals surface area contributed by atoms with Crippen molar-refractivity contribution in [2.45, 2.75) is 30.2 Å².